The quantitative estimate of drug-likeness (QED) is 0.403. The molecule has 0 atom stereocenters. The highest BCUT2D eigenvalue weighted by Crippen LogP contribution is 2.41. The van der Waals surface area contributed by atoms with Gasteiger partial charge in [0.1, 0.15) is 6.07 Å². The van der Waals surface area contributed by atoms with E-state index in [2.05, 4.69) is 31.7 Å². The molecule has 5 N–H and O–H groups in total. The van der Waals surface area contributed by atoms with Gasteiger partial charge in [-0.3, -0.25) is 5.43 Å². The minimum Gasteiger partial charge on any atom is -0.382 e. The van der Waals surface area contributed by atoms with E-state index >= 15 is 0 Å². The van der Waals surface area contributed by atoms with Crippen LogP contribution >= 0.6 is 11.3 Å². The second-order valence-electron chi connectivity index (χ2n) is 6.55. The predicted octanol–water partition coefficient (Wildman–Crippen LogP) is 2.41. The number of nitrogens with zero attached hydrogens (tertiary/aromatic N) is 6. The largest absolute Gasteiger partial charge is 0.382 e. The van der Waals surface area contributed by atoms with Gasteiger partial charge in [-0.25, -0.2) is 5.84 Å². The van der Waals surface area contributed by atoms with Gasteiger partial charge in [-0.05, 0) is 31.2 Å². The zero-order chi connectivity index (χ0) is 19.5. The van der Waals surface area contributed by atoms with Crippen LogP contribution in [0.1, 0.15) is 28.8 Å². The molecule has 2 aromatic rings. The molecule has 1 aliphatic carbocycles. The van der Waals surface area contributed by atoms with E-state index in [9.17, 15) is 5.26 Å². The van der Waals surface area contributed by atoms with Crippen LogP contribution in [0.3, 0.4) is 0 Å². The molecular weight excluding hydrogens is 378 g/mol. The number of nitriles is 1. The van der Waals surface area contributed by atoms with Crippen molar-refractivity contribution in [1.29, 1.82) is 5.26 Å². The van der Waals surface area contributed by atoms with E-state index in [1.807, 2.05) is 4.90 Å². The van der Waals surface area contributed by atoms with Crippen molar-refractivity contribution in [2.45, 2.75) is 25.7 Å². The average Bonchev–Trinajstić information content (AvgIpc) is 3.10. The molecule has 28 heavy (non-hydrogen) atoms. The third-order valence-corrected chi connectivity index (χ3v) is 6.01. The fourth-order valence-corrected chi connectivity index (χ4v) is 4.61. The van der Waals surface area contributed by atoms with Gasteiger partial charge in [-0.1, -0.05) is 0 Å². The van der Waals surface area contributed by atoms with Crippen LogP contribution in [-0.2, 0) is 17.6 Å². The van der Waals surface area contributed by atoms with Crippen LogP contribution in [0.5, 0.6) is 0 Å². The van der Waals surface area contributed by atoms with E-state index in [-0.39, 0.29) is 11.8 Å². The van der Waals surface area contributed by atoms with E-state index in [1.54, 1.807) is 0 Å². The Bertz CT molecular complexity index is 943. The molecule has 3 heterocycles. The first-order valence-corrected chi connectivity index (χ1v) is 9.96. The van der Waals surface area contributed by atoms with Crippen molar-refractivity contribution in [3.05, 3.63) is 16.0 Å². The van der Waals surface area contributed by atoms with Gasteiger partial charge in [0.25, 0.3) is 0 Å². The van der Waals surface area contributed by atoms with Crippen LogP contribution in [0, 0.1) is 11.3 Å². The van der Waals surface area contributed by atoms with Crippen LogP contribution in [0.4, 0.5) is 28.3 Å². The van der Waals surface area contributed by atoms with Gasteiger partial charge in [-0.2, -0.15) is 15.2 Å². The summed E-state index contributed by atoms with van der Waals surface area (Å²) in [5.74, 6) is 6.40. The molecule has 11 heteroatoms. The Morgan fingerprint density at radius 1 is 1.18 bits per heavy atom. The van der Waals surface area contributed by atoms with Crippen molar-refractivity contribution in [2.24, 2.45) is 16.1 Å². The average molecular weight is 399 g/mol. The summed E-state index contributed by atoms with van der Waals surface area (Å²) in [4.78, 5) is 11.8. The Kier molecular flexibility index (Phi) is 5.34. The van der Waals surface area contributed by atoms with Crippen molar-refractivity contribution in [1.82, 2.24) is 9.97 Å². The van der Waals surface area contributed by atoms with Crippen molar-refractivity contribution in [2.75, 3.05) is 42.4 Å². The number of ether oxygens (including phenoxy) is 1. The summed E-state index contributed by atoms with van der Waals surface area (Å²) < 4.78 is 5.41. The number of rotatable bonds is 4. The molecule has 2 aromatic heterocycles. The molecule has 2 aliphatic rings. The Balaban J connectivity index is 1.73. The minimum absolute atomic E-state index is 0.174. The van der Waals surface area contributed by atoms with Gasteiger partial charge < -0.3 is 15.4 Å². The lowest BCUT2D eigenvalue weighted by Gasteiger charge is -2.28. The molecule has 0 amide bonds. The number of anilines is 3. The van der Waals surface area contributed by atoms with Crippen LogP contribution in [0.15, 0.2) is 10.2 Å². The van der Waals surface area contributed by atoms with Crippen molar-refractivity contribution < 1.29 is 4.74 Å². The Hall–Kier alpha value is -2.81. The Morgan fingerprint density at radius 2 is 1.96 bits per heavy atom. The zero-order valence-corrected chi connectivity index (χ0v) is 16.1. The van der Waals surface area contributed by atoms with Gasteiger partial charge >= 0.3 is 0 Å². The minimum atomic E-state index is 0.174. The number of hydrazine groups is 1. The molecule has 0 spiro atoms. The summed E-state index contributed by atoms with van der Waals surface area (Å²) in [6, 6.07) is 2.29. The fourth-order valence-electron chi connectivity index (χ4n) is 3.45. The zero-order valence-electron chi connectivity index (χ0n) is 15.3. The molecule has 10 nitrogen and oxygen atoms in total. The summed E-state index contributed by atoms with van der Waals surface area (Å²) in [7, 11) is 0. The highest BCUT2D eigenvalue weighted by atomic mass is 32.1. The number of aryl methyl sites for hydroxylation is 1. The first kappa shape index (κ1) is 18.5. The third-order valence-electron chi connectivity index (χ3n) is 4.84. The van der Waals surface area contributed by atoms with Gasteiger partial charge in [0.05, 0.1) is 18.8 Å². The lowest BCUT2D eigenvalue weighted by molar-refractivity contribution is 0.122. The van der Waals surface area contributed by atoms with Gasteiger partial charge in [0, 0.05) is 18.0 Å². The molecule has 0 bridgehead atoms. The second-order valence-corrected chi connectivity index (χ2v) is 7.63. The number of nitrogens with one attached hydrogen (secondary N) is 1. The molecule has 146 valence electrons. The van der Waals surface area contributed by atoms with Crippen LogP contribution in [0.25, 0.3) is 0 Å². The lowest BCUT2D eigenvalue weighted by Crippen LogP contribution is -2.37. The monoisotopic (exact) mass is 399 g/mol. The van der Waals surface area contributed by atoms with E-state index in [1.165, 1.54) is 16.2 Å². The number of thiophene rings is 1. The third kappa shape index (κ3) is 3.49. The van der Waals surface area contributed by atoms with Crippen molar-refractivity contribution in [3.63, 3.8) is 0 Å². The maximum atomic E-state index is 9.60. The Labute approximate surface area is 166 Å². The van der Waals surface area contributed by atoms with Gasteiger partial charge in [-0.15, -0.1) is 21.6 Å². The summed E-state index contributed by atoms with van der Waals surface area (Å²) in [5, 5.41) is 19.0. The molecule has 0 saturated carbocycles. The molecule has 0 radical (unpaired) electrons. The number of azo groups is 1. The predicted molar refractivity (Wildman–Crippen MR) is 107 cm³/mol. The smallest absolute Gasteiger partial charge is 0.241 e. The summed E-state index contributed by atoms with van der Waals surface area (Å²) in [6.45, 7) is 2.48. The molecular formula is C17H21N9OS. The first-order valence-electron chi connectivity index (χ1n) is 9.14. The second kappa shape index (κ2) is 8.05. The lowest BCUT2D eigenvalue weighted by atomic mass is 9.96. The number of nitrogens with two attached hydrogens (primary N) is 2. The molecule has 1 saturated heterocycles. The number of hydrogen-bond donors (Lipinski definition) is 3. The van der Waals surface area contributed by atoms with Crippen molar-refractivity contribution in [3.8, 4) is 6.07 Å². The maximum absolute atomic E-state index is 9.60. The first-order chi connectivity index (χ1) is 13.7. The number of nitrogen functional groups attached to an aromatic ring is 2. The molecule has 1 fully saturated rings. The highest BCUT2D eigenvalue weighted by Gasteiger charge is 2.23. The summed E-state index contributed by atoms with van der Waals surface area (Å²) >= 11 is 1.53. The fraction of sp³-hybridized carbons (Fsp3) is 0.471. The molecule has 1 aliphatic heterocycles. The van der Waals surface area contributed by atoms with Gasteiger partial charge in [0.15, 0.2) is 22.3 Å². The Morgan fingerprint density at radius 3 is 2.71 bits per heavy atom. The summed E-state index contributed by atoms with van der Waals surface area (Å²) in [5.41, 5.74) is 10.7. The molecule has 4 rings (SSSR count). The standard InChI is InChI=1S/C17H21N9OS/c18-9-11-10-3-1-2-4-12(10)28-16(11)25-24-13-14(19)21-17(23-20)22-15(13)26-5-7-27-8-6-26/h1-8,20H2,(H3,19,21,22,23). The van der Waals surface area contributed by atoms with E-state index in [0.717, 1.165) is 31.2 Å². The van der Waals surface area contributed by atoms with Gasteiger partial charge in [0.2, 0.25) is 5.95 Å². The molecule has 0 aromatic carbocycles. The van der Waals surface area contributed by atoms with Crippen molar-refractivity contribution >= 4 is 39.6 Å². The van der Waals surface area contributed by atoms with E-state index in [0.29, 0.717) is 48.4 Å². The van der Waals surface area contributed by atoms with E-state index < -0.39 is 0 Å². The number of fused-ring (bicyclic) bond motifs is 1. The normalized spacial score (nSPS) is 16.8. The maximum Gasteiger partial charge on any atom is 0.241 e. The SMILES string of the molecule is N#Cc1c(N=Nc2c(N)nc(NN)nc2N2CCOCC2)sc2c1CCCC2. The highest BCUT2D eigenvalue weighted by molar-refractivity contribution is 7.16. The number of morpholine rings is 1. The van der Waals surface area contributed by atoms with Crippen LogP contribution in [-0.4, -0.2) is 36.3 Å². The van der Waals surface area contributed by atoms with E-state index in [4.69, 9.17) is 16.3 Å². The van der Waals surface area contributed by atoms with Crippen LogP contribution < -0.4 is 21.9 Å². The number of hydrogen-bond acceptors (Lipinski definition) is 11. The summed E-state index contributed by atoms with van der Waals surface area (Å²) in [6.07, 6.45) is 4.16. The topological polar surface area (TPSA) is 151 Å². The molecule has 0 unspecified atom stereocenters. The van der Waals surface area contributed by atoms with Crippen LogP contribution in [0.2, 0.25) is 0 Å². The number of aromatic nitrogens is 2.